The summed E-state index contributed by atoms with van der Waals surface area (Å²) in [7, 11) is 0. The Bertz CT molecular complexity index is 1010. The smallest absolute Gasteiger partial charge is 0.291 e. The molecule has 2 rings (SSSR count). The van der Waals surface area contributed by atoms with Gasteiger partial charge in [0.2, 0.25) is 5.91 Å². The van der Waals surface area contributed by atoms with Crippen LogP contribution in [0, 0.1) is 5.92 Å². The van der Waals surface area contributed by atoms with Gasteiger partial charge in [0.15, 0.2) is 5.82 Å². The first-order valence-corrected chi connectivity index (χ1v) is 10.4. The lowest BCUT2D eigenvalue weighted by Gasteiger charge is -2.26. The van der Waals surface area contributed by atoms with Crippen LogP contribution in [0.4, 0.5) is 4.39 Å². The minimum absolute atomic E-state index is 0.0303. The van der Waals surface area contributed by atoms with Crippen molar-refractivity contribution in [2.75, 3.05) is 6.54 Å². The minimum Gasteiger partial charge on any atom is -0.370 e. The number of primary amides is 1. The summed E-state index contributed by atoms with van der Waals surface area (Å²) < 4.78 is 13.3. The third-order valence-electron chi connectivity index (χ3n) is 4.27. The SMILES string of the molecule is CC(C)CC(NC(=O)c1nc2cc(Cl)ccc2[nH]1)C(=O)NN(CCC(N)=O)C(=O)C(F)Cl. The lowest BCUT2D eigenvalue weighted by Crippen LogP contribution is -2.56. The van der Waals surface area contributed by atoms with E-state index in [4.69, 9.17) is 28.9 Å². The monoisotopic (exact) mass is 488 g/mol. The number of carbonyl (C=O) groups excluding carboxylic acids is 4. The van der Waals surface area contributed by atoms with Gasteiger partial charge in [0.1, 0.15) is 6.04 Å². The molecule has 0 aliphatic rings. The van der Waals surface area contributed by atoms with E-state index < -0.39 is 35.3 Å². The molecule has 13 heteroatoms. The maximum atomic E-state index is 13.3. The number of nitrogens with one attached hydrogen (secondary N) is 3. The highest BCUT2D eigenvalue weighted by molar-refractivity contribution is 6.31. The van der Waals surface area contributed by atoms with Crippen LogP contribution in [0.5, 0.6) is 0 Å². The first kappa shape index (κ1) is 25.3. The fourth-order valence-corrected chi connectivity index (χ4v) is 3.07. The molecule has 32 heavy (non-hydrogen) atoms. The second-order valence-corrected chi connectivity index (χ2v) is 8.21. The van der Waals surface area contributed by atoms with E-state index in [2.05, 4.69) is 20.7 Å². The molecule has 0 saturated heterocycles. The molecule has 1 heterocycles. The van der Waals surface area contributed by atoms with Gasteiger partial charge in [0, 0.05) is 11.4 Å². The highest BCUT2D eigenvalue weighted by atomic mass is 35.5. The van der Waals surface area contributed by atoms with Crippen LogP contribution in [0.25, 0.3) is 11.0 Å². The number of hydrazine groups is 1. The van der Waals surface area contributed by atoms with Crippen LogP contribution in [0.2, 0.25) is 5.02 Å². The number of imidazole rings is 1. The molecule has 0 aliphatic heterocycles. The molecule has 2 atom stereocenters. The number of hydrogen-bond donors (Lipinski definition) is 4. The van der Waals surface area contributed by atoms with Crippen molar-refractivity contribution in [1.29, 1.82) is 0 Å². The van der Waals surface area contributed by atoms with Crippen LogP contribution in [0.1, 0.15) is 37.3 Å². The molecule has 10 nitrogen and oxygen atoms in total. The topological polar surface area (TPSA) is 150 Å². The molecular formula is C19H23Cl2FN6O4. The number of aromatic nitrogens is 2. The number of amides is 4. The summed E-state index contributed by atoms with van der Waals surface area (Å²) in [5.41, 5.74) is 5.85. The summed E-state index contributed by atoms with van der Waals surface area (Å²) in [6, 6.07) is 3.76. The molecule has 1 aromatic carbocycles. The molecule has 1 aromatic heterocycles. The van der Waals surface area contributed by atoms with Crippen molar-refractivity contribution in [3.63, 3.8) is 0 Å². The highest BCUT2D eigenvalue weighted by Crippen LogP contribution is 2.17. The van der Waals surface area contributed by atoms with Gasteiger partial charge >= 0.3 is 0 Å². The summed E-state index contributed by atoms with van der Waals surface area (Å²) in [5.74, 6) is -3.59. The van der Waals surface area contributed by atoms with Gasteiger partial charge in [-0.3, -0.25) is 24.6 Å². The van der Waals surface area contributed by atoms with Gasteiger partial charge in [-0.15, -0.1) is 0 Å². The van der Waals surface area contributed by atoms with Crippen LogP contribution >= 0.6 is 23.2 Å². The van der Waals surface area contributed by atoms with Crippen molar-refractivity contribution in [3.05, 3.63) is 29.0 Å². The van der Waals surface area contributed by atoms with E-state index in [0.717, 1.165) is 0 Å². The second kappa shape index (κ2) is 11.1. The van der Waals surface area contributed by atoms with Crippen LogP contribution < -0.4 is 16.5 Å². The largest absolute Gasteiger partial charge is 0.370 e. The van der Waals surface area contributed by atoms with Gasteiger partial charge in [-0.1, -0.05) is 37.0 Å². The van der Waals surface area contributed by atoms with E-state index in [1.54, 1.807) is 18.2 Å². The van der Waals surface area contributed by atoms with Crippen molar-refractivity contribution in [2.45, 2.75) is 38.4 Å². The van der Waals surface area contributed by atoms with Gasteiger partial charge < -0.3 is 16.0 Å². The van der Waals surface area contributed by atoms with Crippen molar-refractivity contribution in [3.8, 4) is 0 Å². The minimum atomic E-state index is -2.44. The molecule has 0 bridgehead atoms. The zero-order valence-corrected chi connectivity index (χ0v) is 18.8. The molecule has 0 spiro atoms. The maximum absolute atomic E-state index is 13.3. The highest BCUT2D eigenvalue weighted by Gasteiger charge is 2.29. The third-order valence-corrected chi connectivity index (χ3v) is 4.69. The molecule has 174 valence electrons. The first-order chi connectivity index (χ1) is 15.0. The number of nitrogens with zero attached hydrogens (tertiary/aromatic N) is 2. The van der Waals surface area contributed by atoms with Gasteiger partial charge in [-0.2, -0.15) is 0 Å². The second-order valence-electron chi connectivity index (χ2n) is 7.39. The lowest BCUT2D eigenvalue weighted by atomic mass is 10.0. The quantitative estimate of drug-likeness (QED) is 0.312. The van der Waals surface area contributed by atoms with Gasteiger partial charge in [-0.25, -0.2) is 14.4 Å². The van der Waals surface area contributed by atoms with Crippen molar-refractivity contribution < 1.29 is 23.6 Å². The fraction of sp³-hybridized carbons (Fsp3) is 0.421. The number of carbonyl (C=O) groups is 4. The number of nitrogens with two attached hydrogens (primary N) is 1. The molecule has 0 radical (unpaired) electrons. The van der Waals surface area contributed by atoms with Crippen LogP contribution in [0.3, 0.4) is 0 Å². The van der Waals surface area contributed by atoms with Crippen molar-refractivity contribution in [1.82, 2.24) is 25.7 Å². The summed E-state index contributed by atoms with van der Waals surface area (Å²) in [5, 5.41) is 3.55. The Morgan fingerprint density at radius 1 is 1.28 bits per heavy atom. The number of halogens is 3. The van der Waals surface area contributed by atoms with E-state index >= 15 is 0 Å². The zero-order valence-electron chi connectivity index (χ0n) is 17.3. The molecule has 4 amide bonds. The van der Waals surface area contributed by atoms with Gasteiger partial charge in [-0.05, 0) is 30.5 Å². The molecule has 2 unspecified atom stereocenters. The maximum Gasteiger partial charge on any atom is 0.291 e. The van der Waals surface area contributed by atoms with Crippen LogP contribution in [0.15, 0.2) is 18.2 Å². The Hall–Kier alpha value is -2.92. The number of fused-ring (bicyclic) bond motifs is 1. The van der Waals surface area contributed by atoms with Crippen LogP contribution in [-0.4, -0.2) is 56.8 Å². The van der Waals surface area contributed by atoms with Crippen molar-refractivity contribution >= 4 is 57.9 Å². The zero-order chi connectivity index (χ0) is 24.0. The standard InChI is InChI=1S/C19H23Cl2FN6O4/c1-9(2)7-13(17(30)27-28(6-5-14(23)29)19(32)15(21)22)26-18(31)16-24-11-4-3-10(20)8-12(11)25-16/h3-4,8-9,13,15H,5-7H2,1-2H3,(H2,23,29)(H,24,25)(H,26,31)(H,27,30). The average Bonchev–Trinajstić information content (AvgIpc) is 3.12. The van der Waals surface area contributed by atoms with E-state index in [1.165, 1.54) is 0 Å². The number of aromatic amines is 1. The Balaban J connectivity index is 2.18. The molecule has 5 N–H and O–H groups in total. The van der Waals surface area contributed by atoms with Gasteiger partial charge in [0.05, 0.1) is 17.6 Å². The first-order valence-electron chi connectivity index (χ1n) is 9.62. The van der Waals surface area contributed by atoms with E-state index in [-0.39, 0.29) is 31.1 Å². The summed E-state index contributed by atoms with van der Waals surface area (Å²) in [4.78, 5) is 55.5. The van der Waals surface area contributed by atoms with E-state index in [0.29, 0.717) is 21.1 Å². The Morgan fingerprint density at radius 3 is 2.56 bits per heavy atom. The number of H-pyrrole nitrogens is 1. The molecule has 2 aromatic rings. The van der Waals surface area contributed by atoms with Gasteiger partial charge in [0.25, 0.3) is 23.4 Å². The predicted octanol–water partition coefficient (Wildman–Crippen LogP) is 1.63. The predicted molar refractivity (Wildman–Crippen MR) is 116 cm³/mol. The summed E-state index contributed by atoms with van der Waals surface area (Å²) in [6.07, 6.45) is -0.139. The van der Waals surface area contributed by atoms with E-state index in [1.807, 2.05) is 13.8 Å². The number of benzene rings is 1. The molecule has 0 fully saturated rings. The molecular weight excluding hydrogens is 466 g/mol. The number of rotatable bonds is 9. The number of alkyl halides is 2. The summed E-state index contributed by atoms with van der Waals surface area (Å²) >= 11 is 11.1. The fourth-order valence-electron chi connectivity index (χ4n) is 2.79. The van der Waals surface area contributed by atoms with E-state index in [9.17, 15) is 23.6 Å². The molecule has 0 aliphatic carbocycles. The third kappa shape index (κ3) is 7.06. The summed E-state index contributed by atoms with van der Waals surface area (Å²) in [6.45, 7) is 3.25. The van der Waals surface area contributed by atoms with Crippen molar-refractivity contribution in [2.24, 2.45) is 11.7 Å². The normalized spacial score (nSPS) is 12.9. The Kier molecular flexibility index (Phi) is 8.79. The number of hydrogen-bond acceptors (Lipinski definition) is 5. The lowest BCUT2D eigenvalue weighted by molar-refractivity contribution is -0.144. The Labute approximate surface area is 193 Å². The van der Waals surface area contributed by atoms with Crippen LogP contribution in [-0.2, 0) is 14.4 Å². The Morgan fingerprint density at radius 2 is 1.97 bits per heavy atom. The molecule has 0 saturated carbocycles. The average molecular weight is 489 g/mol.